The molecular formula is C16H20N2O2. The van der Waals surface area contributed by atoms with Crippen molar-refractivity contribution >= 4 is 0 Å². The van der Waals surface area contributed by atoms with Crippen molar-refractivity contribution in [2.45, 2.75) is 20.4 Å². The molecule has 0 aliphatic rings. The maximum Gasteiger partial charge on any atom is 0.222 e. The lowest BCUT2D eigenvalue weighted by Gasteiger charge is -2.12. The Morgan fingerprint density at radius 3 is 2.60 bits per heavy atom. The molecular weight excluding hydrogens is 252 g/mol. The number of pyridine rings is 1. The van der Waals surface area contributed by atoms with Gasteiger partial charge >= 0.3 is 0 Å². The average Bonchev–Trinajstić information content (AvgIpc) is 2.44. The molecule has 1 aromatic heterocycles. The van der Waals surface area contributed by atoms with Crippen molar-refractivity contribution in [3.8, 4) is 17.4 Å². The zero-order valence-electron chi connectivity index (χ0n) is 12.1. The molecule has 0 aliphatic carbocycles. The number of para-hydroxylation sites is 2. The molecule has 2 aromatic rings. The topological polar surface area (TPSA) is 43.4 Å². The van der Waals surface area contributed by atoms with Crippen molar-refractivity contribution in [1.29, 1.82) is 0 Å². The number of ether oxygens (including phenoxy) is 2. The Bertz CT molecular complexity index is 570. The normalized spacial score (nSPS) is 10.3. The summed E-state index contributed by atoms with van der Waals surface area (Å²) >= 11 is 0. The highest BCUT2D eigenvalue weighted by Gasteiger charge is 2.08. The van der Waals surface area contributed by atoms with E-state index in [4.69, 9.17) is 9.47 Å². The van der Waals surface area contributed by atoms with Gasteiger partial charge in [-0.3, -0.25) is 0 Å². The highest BCUT2D eigenvalue weighted by molar-refractivity contribution is 5.43. The summed E-state index contributed by atoms with van der Waals surface area (Å²) in [6, 6.07) is 9.69. The largest absolute Gasteiger partial charge is 0.490 e. The maximum absolute atomic E-state index is 5.87. The van der Waals surface area contributed by atoms with Gasteiger partial charge in [0.05, 0.1) is 6.61 Å². The minimum Gasteiger partial charge on any atom is -0.490 e. The molecule has 0 amide bonds. The summed E-state index contributed by atoms with van der Waals surface area (Å²) in [5.74, 6) is 2.03. The predicted octanol–water partition coefficient (Wildman–Crippen LogP) is 3.30. The summed E-state index contributed by atoms with van der Waals surface area (Å²) in [7, 11) is 1.91. The monoisotopic (exact) mass is 272 g/mol. The molecule has 2 rings (SSSR count). The van der Waals surface area contributed by atoms with E-state index in [0.717, 1.165) is 23.4 Å². The Kier molecular flexibility index (Phi) is 4.96. The third kappa shape index (κ3) is 3.48. The number of hydrogen-bond donors (Lipinski definition) is 1. The van der Waals surface area contributed by atoms with E-state index in [0.29, 0.717) is 18.2 Å². The highest BCUT2D eigenvalue weighted by Crippen LogP contribution is 2.31. The van der Waals surface area contributed by atoms with Gasteiger partial charge in [-0.1, -0.05) is 12.1 Å². The molecule has 0 aliphatic heterocycles. The first-order valence-electron chi connectivity index (χ1n) is 6.74. The van der Waals surface area contributed by atoms with E-state index in [9.17, 15) is 0 Å². The zero-order chi connectivity index (χ0) is 14.4. The minimum atomic E-state index is 0.605. The van der Waals surface area contributed by atoms with Gasteiger partial charge < -0.3 is 14.8 Å². The second kappa shape index (κ2) is 6.91. The van der Waals surface area contributed by atoms with Crippen LogP contribution in [-0.2, 0) is 6.54 Å². The Hall–Kier alpha value is -2.07. The maximum atomic E-state index is 5.87. The molecule has 20 heavy (non-hydrogen) atoms. The van der Waals surface area contributed by atoms with Gasteiger partial charge in [-0.2, -0.15) is 0 Å². The van der Waals surface area contributed by atoms with Gasteiger partial charge in [-0.05, 0) is 44.7 Å². The third-order valence-corrected chi connectivity index (χ3v) is 2.82. The SMILES string of the molecule is CCOc1ccccc1Oc1ncc(CNC)cc1C. The molecule has 106 valence electrons. The van der Waals surface area contributed by atoms with Crippen LogP contribution in [0.2, 0.25) is 0 Å². The van der Waals surface area contributed by atoms with Gasteiger partial charge in [0.2, 0.25) is 5.88 Å². The van der Waals surface area contributed by atoms with Crippen LogP contribution in [0, 0.1) is 6.92 Å². The van der Waals surface area contributed by atoms with Crippen LogP contribution in [0.3, 0.4) is 0 Å². The average molecular weight is 272 g/mol. The lowest BCUT2D eigenvalue weighted by atomic mass is 10.2. The summed E-state index contributed by atoms with van der Waals surface area (Å²) < 4.78 is 11.4. The van der Waals surface area contributed by atoms with Crippen LogP contribution >= 0.6 is 0 Å². The van der Waals surface area contributed by atoms with Crippen LogP contribution in [0.4, 0.5) is 0 Å². The molecule has 0 saturated carbocycles. The van der Waals surface area contributed by atoms with E-state index in [1.54, 1.807) is 0 Å². The fourth-order valence-corrected chi connectivity index (χ4v) is 1.94. The first kappa shape index (κ1) is 14.3. The third-order valence-electron chi connectivity index (χ3n) is 2.82. The van der Waals surface area contributed by atoms with Gasteiger partial charge in [-0.15, -0.1) is 0 Å². The van der Waals surface area contributed by atoms with Gasteiger partial charge in [0, 0.05) is 18.3 Å². The summed E-state index contributed by atoms with van der Waals surface area (Å²) in [5.41, 5.74) is 2.14. The second-order valence-corrected chi connectivity index (χ2v) is 4.48. The lowest BCUT2D eigenvalue weighted by Crippen LogP contribution is -2.06. The Morgan fingerprint density at radius 1 is 1.20 bits per heavy atom. The van der Waals surface area contributed by atoms with Crippen molar-refractivity contribution in [2.24, 2.45) is 0 Å². The van der Waals surface area contributed by atoms with Gasteiger partial charge in [-0.25, -0.2) is 4.98 Å². The van der Waals surface area contributed by atoms with E-state index in [1.165, 1.54) is 0 Å². The van der Waals surface area contributed by atoms with E-state index >= 15 is 0 Å². The smallest absolute Gasteiger partial charge is 0.222 e. The molecule has 0 fully saturated rings. The number of nitrogens with one attached hydrogen (secondary N) is 1. The van der Waals surface area contributed by atoms with Crippen molar-refractivity contribution in [2.75, 3.05) is 13.7 Å². The fraction of sp³-hybridized carbons (Fsp3) is 0.312. The predicted molar refractivity (Wildman–Crippen MR) is 79.4 cm³/mol. The molecule has 1 heterocycles. The molecule has 0 bridgehead atoms. The molecule has 0 radical (unpaired) electrons. The number of hydrogen-bond acceptors (Lipinski definition) is 4. The van der Waals surface area contributed by atoms with Crippen LogP contribution in [0.25, 0.3) is 0 Å². The van der Waals surface area contributed by atoms with Crippen LogP contribution in [0.15, 0.2) is 36.5 Å². The molecule has 0 spiro atoms. The second-order valence-electron chi connectivity index (χ2n) is 4.48. The molecule has 0 saturated heterocycles. The Balaban J connectivity index is 2.21. The highest BCUT2D eigenvalue weighted by atomic mass is 16.5. The van der Waals surface area contributed by atoms with E-state index in [1.807, 2.05) is 51.4 Å². The van der Waals surface area contributed by atoms with Crippen LogP contribution in [0.5, 0.6) is 17.4 Å². The number of aryl methyl sites for hydroxylation is 1. The Labute approximate surface area is 119 Å². The molecule has 1 N–H and O–H groups in total. The van der Waals surface area contributed by atoms with Crippen molar-refractivity contribution in [3.63, 3.8) is 0 Å². The first-order valence-corrected chi connectivity index (χ1v) is 6.74. The van der Waals surface area contributed by atoms with Crippen molar-refractivity contribution in [1.82, 2.24) is 10.3 Å². The number of aromatic nitrogens is 1. The number of nitrogens with zero attached hydrogens (tertiary/aromatic N) is 1. The molecule has 0 atom stereocenters. The zero-order valence-corrected chi connectivity index (χ0v) is 12.1. The van der Waals surface area contributed by atoms with Gasteiger partial charge in [0.15, 0.2) is 11.5 Å². The summed E-state index contributed by atoms with van der Waals surface area (Å²) in [6.07, 6.45) is 1.82. The molecule has 0 unspecified atom stereocenters. The number of benzene rings is 1. The fourth-order valence-electron chi connectivity index (χ4n) is 1.94. The standard InChI is InChI=1S/C16H20N2O2/c1-4-19-14-7-5-6-8-15(14)20-16-12(2)9-13(10-17-3)11-18-16/h5-9,11,17H,4,10H2,1-3H3. The van der Waals surface area contributed by atoms with E-state index in [-0.39, 0.29) is 0 Å². The quantitative estimate of drug-likeness (QED) is 0.876. The van der Waals surface area contributed by atoms with E-state index in [2.05, 4.69) is 16.4 Å². The van der Waals surface area contributed by atoms with Crippen LogP contribution in [0.1, 0.15) is 18.1 Å². The minimum absolute atomic E-state index is 0.605. The van der Waals surface area contributed by atoms with Crippen LogP contribution < -0.4 is 14.8 Å². The lowest BCUT2D eigenvalue weighted by molar-refractivity contribution is 0.319. The van der Waals surface area contributed by atoms with Crippen LogP contribution in [-0.4, -0.2) is 18.6 Å². The summed E-state index contributed by atoms with van der Waals surface area (Å²) in [6.45, 7) is 5.34. The number of rotatable bonds is 6. The Morgan fingerprint density at radius 2 is 1.95 bits per heavy atom. The van der Waals surface area contributed by atoms with Gasteiger partial charge in [0.25, 0.3) is 0 Å². The molecule has 4 heteroatoms. The summed E-state index contributed by atoms with van der Waals surface area (Å²) in [5, 5.41) is 3.11. The van der Waals surface area contributed by atoms with Crippen molar-refractivity contribution < 1.29 is 9.47 Å². The van der Waals surface area contributed by atoms with Crippen molar-refractivity contribution in [3.05, 3.63) is 47.7 Å². The first-order chi connectivity index (χ1) is 9.74. The molecule has 4 nitrogen and oxygen atoms in total. The molecule has 1 aromatic carbocycles. The summed E-state index contributed by atoms with van der Waals surface area (Å²) in [4.78, 5) is 4.38. The van der Waals surface area contributed by atoms with E-state index < -0.39 is 0 Å². The van der Waals surface area contributed by atoms with Gasteiger partial charge in [0.1, 0.15) is 0 Å².